The van der Waals surface area contributed by atoms with E-state index in [1.165, 1.54) is 4.90 Å². The van der Waals surface area contributed by atoms with Gasteiger partial charge >= 0.3 is 0 Å². The Balaban J connectivity index is 2.58. The molecule has 0 aliphatic carbocycles. The van der Waals surface area contributed by atoms with Crippen LogP contribution in [0, 0.1) is 5.92 Å². The van der Waals surface area contributed by atoms with Gasteiger partial charge in [-0.2, -0.15) is 0 Å². The highest BCUT2D eigenvalue weighted by Gasteiger charge is 2.28. The molecule has 0 bridgehead atoms. The number of carbonyl (C=O) groups excluding carboxylic acids is 1. The van der Waals surface area contributed by atoms with E-state index in [0.29, 0.717) is 13.2 Å². The summed E-state index contributed by atoms with van der Waals surface area (Å²) in [5.74, 6) is 0.0676. The molecular formula is C10H19N3O3. The van der Waals surface area contributed by atoms with Crippen molar-refractivity contribution in [3.8, 4) is 0 Å². The molecule has 1 rings (SSSR count). The Morgan fingerprint density at radius 2 is 2.12 bits per heavy atom. The van der Waals surface area contributed by atoms with Crippen molar-refractivity contribution in [2.45, 2.75) is 25.8 Å². The van der Waals surface area contributed by atoms with Crippen LogP contribution >= 0.6 is 0 Å². The van der Waals surface area contributed by atoms with Crippen LogP contribution in [-0.4, -0.2) is 48.2 Å². The molecule has 0 aromatic rings. The van der Waals surface area contributed by atoms with Crippen LogP contribution in [-0.2, 0) is 9.53 Å². The number of nitrogens with zero attached hydrogens (tertiary/aromatic N) is 2. The lowest BCUT2D eigenvalue weighted by Crippen LogP contribution is -2.47. The van der Waals surface area contributed by atoms with Crippen molar-refractivity contribution in [1.82, 2.24) is 4.90 Å². The molecule has 16 heavy (non-hydrogen) atoms. The van der Waals surface area contributed by atoms with Crippen LogP contribution in [0.5, 0.6) is 0 Å². The van der Waals surface area contributed by atoms with Gasteiger partial charge in [-0.05, 0) is 19.8 Å². The second-order valence-electron chi connectivity index (χ2n) is 4.04. The fourth-order valence-electron chi connectivity index (χ4n) is 1.71. The Labute approximate surface area is 95.0 Å². The number of rotatable bonds is 3. The molecular weight excluding hydrogens is 210 g/mol. The average molecular weight is 229 g/mol. The first-order valence-corrected chi connectivity index (χ1v) is 5.39. The minimum absolute atomic E-state index is 0.00677. The van der Waals surface area contributed by atoms with E-state index in [1.54, 1.807) is 14.0 Å². The fourth-order valence-corrected chi connectivity index (χ4v) is 1.71. The SMILES string of the molecule is CC(C(N)=NO)N(C)C(=O)C1CCOCC1. The van der Waals surface area contributed by atoms with Gasteiger partial charge in [0.25, 0.3) is 0 Å². The molecule has 1 aliphatic heterocycles. The Kier molecular flexibility index (Phi) is 4.54. The Bertz CT molecular complexity index is 274. The third-order valence-corrected chi connectivity index (χ3v) is 3.04. The predicted molar refractivity (Wildman–Crippen MR) is 59.2 cm³/mol. The Morgan fingerprint density at radius 3 is 2.62 bits per heavy atom. The van der Waals surface area contributed by atoms with Gasteiger partial charge in [-0.3, -0.25) is 4.79 Å². The second kappa shape index (κ2) is 5.69. The van der Waals surface area contributed by atoms with Gasteiger partial charge in [0.05, 0.1) is 6.04 Å². The van der Waals surface area contributed by atoms with Gasteiger partial charge in [0.15, 0.2) is 5.84 Å². The third-order valence-electron chi connectivity index (χ3n) is 3.04. The number of hydrogen-bond acceptors (Lipinski definition) is 4. The topological polar surface area (TPSA) is 88.2 Å². The molecule has 1 unspecified atom stereocenters. The molecule has 6 heteroatoms. The zero-order valence-corrected chi connectivity index (χ0v) is 9.72. The summed E-state index contributed by atoms with van der Waals surface area (Å²) in [4.78, 5) is 13.6. The summed E-state index contributed by atoms with van der Waals surface area (Å²) >= 11 is 0. The first-order valence-electron chi connectivity index (χ1n) is 5.39. The van der Waals surface area contributed by atoms with Crippen molar-refractivity contribution in [3.63, 3.8) is 0 Å². The first kappa shape index (κ1) is 12.8. The molecule has 1 saturated heterocycles. The Morgan fingerprint density at radius 1 is 1.56 bits per heavy atom. The van der Waals surface area contributed by atoms with E-state index in [4.69, 9.17) is 15.7 Å². The van der Waals surface area contributed by atoms with Crippen LogP contribution in [0.2, 0.25) is 0 Å². The van der Waals surface area contributed by atoms with Gasteiger partial charge in [-0.25, -0.2) is 0 Å². The lowest BCUT2D eigenvalue weighted by Gasteiger charge is -2.29. The van der Waals surface area contributed by atoms with Crippen molar-refractivity contribution in [2.75, 3.05) is 20.3 Å². The summed E-state index contributed by atoms with van der Waals surface area (Å²) in [6.07, 6.45) is 1.48. The standard InChI is InChI=1S/C10H19N3O3/c1-7(9(11)12-15)13(2)10(14)8-3-5-16-6-4-8/h7-8,15H,3-6H2,1-2H3,(H2,11,12). The van der Waals surface area contributed by atoms with Gasteiger partial charge in [-0.15, -0.1) is 0 Å². The first-order chi connectivity index (χ1) is 7.57. The zero-order chi connectivity index (χ0) is 12.1. The number of nitrogens with two attached hydrogens (primary N) is 1. The van der Waals surface area contributed by atoms with Crippen molar-refractivity contribution in [3.05, 3.63) is 0 Å². The quantitative estimate of drug-likeness (QED) is 0.309. The zero-order valence-electron chi connectivity index (χ0n) is 9.72. The molecule has 92 valence electrons. The van der Waals surface area contributed by atoms with Gasteiger partial charge < -0.3 is 20.6 Å². The van der Waals surface area contributed by atoms with Crippen LogP contribution in [0.15, 0.2) is 5.16 Å². The maximum absolute atomic E-state index is 12.0. The number of amides is 1. The van der Waals surface area contributed by atoms with Crippen LogP contribution in [0.25, 0.3) is 0 Å². The summed E-state index contributed by atoms with van der Waals surface area (Å²) in [7, 11) is 1.67. The molecule has 0 radical (unpaired) electrons. The van der Waals surface area contributed by atoms with Crippen molar-refractivity contribution >= 4 is 11.7 Å². The molecule has 0 spiro atoms. The average Bonchev–Trinajstić information content (AvgIpc) is 2.36. The van der Waals surface area contributed by atoms with Gasteiger partial charge in [0.1, 0.15) is 0 Å². The van der Waals surface area contributed by atoms with E-state index in [9.17, 15) is 4.79 Å². The van der Waals surface area contributed by atoms with E-state index in [-0.39, 0.29) is 23.7 Å². The highest BCUT2D eigenvalue weighted by molar-refractivity contribution is 5.90. The maximum atomic E-state index is 12.0. The van der Waals surface area contributed by atoms with Gasteiger partial charge in [0.2, 0.25) is 5.91 Å². The number of likely N-dealkylation sites (N-methyl/N-ethyl adjacent to an activating group) is 1. The highest BCUT2D eigenvalue weighted by atomic mass is 16.5. The van der Waals surface area contributed by atoms with Gasteiger partial charge in [0, 0.05) is 26.2 Å². The Hall–Kier alpha value is -1.30. The second-order valence-corrected chi connectivity index (χ2v) is 4.04. The third kappa shape index (κ3) is 2.85. The summed E-state index contributed by atoms with van der Waals surface area (Å²) < 4.78 is 5.20. The number of amidine groups is 1. The lowest BCUT2D eigenvalue weighted by atomic mass is 9.98. The largest absolute Gasteiger partial charge is 0.409 e. The molecule has 1 aliphatic rings. The summed E-state index contributed by atoms with van der Waals surface area (Å²) in [6.45, 7) is 2.98. The van der Waals surface area contributed by atoms with Gasteiger partial charge in [-0.1, -0.05) is 5.16 Å². The normalized spacial score (nSPS) is 20.5. The summed E-state index contributed by atoms with van der Waals surface area (Å²) in [5.41, 5.74) is 5.47. The molecule has 1 fully saturated rings. The van der Waals surface area contributed by atoms with E-state index < -0.39 is 0 Å². The monoisotopic (exact) mass is 229 g/mol. The fraction of sp³-hybridized carbons (Fsp3) is 0.800. The molecule has 6 nitrogen and oxygen atoms in total. The van der Waals surface area contributed by atoms with Crippen LogP contribution in [0.4, 0.5) is 0 Å². The number of oxime groups is 1. The number of carbonyl (C=O) groups is 1. The molecule has 1 heterocycles. The molecule has 1 atom stereocenters. The van der Waals surface area contributed by atoms with E-state index in [1.807, 2.05) is 0 Å². The smallest absolute Gasteiger partial charge is 0.226 e. The van der Waals surface area contributed by atoms with Crippen molar-refractivity contribution < 1.29 is 14.7 Å². The van der Waals surface area contributed by atoms with Crippen molar-refractivity contribution in [2.24, 2.45) is 16.8 Å². The molecule has 3 N–H and O–H groups in total. The number of ether oxygens (including phenoxy) is 1. The molecule has 0 saturated carbocycles. The summed E-state index contributed by atoms with van der Waals surface area (Å²) in [6, 6.07) is -0.389. The van der Waals surface area contributed by atoms with Crippen molar-refractivity contribution in [1.29, 1.82) is 0 Å². The predicted octanol–water partition coefficient (Wildman–Crippen LogP) is 0.00630. The molecule has 1 amide bonds. The van der Waals surface area contributed by atoms with E-state index in [2.05, 4.69) is 5.16 Å². The maximum Gasteiger partial charge on any atom is 0.226 e. The molecule has 0 aromatic carbocycles. The van der Waals surface area contributed by atoms with E-state index in [0.717, 1.165) is 12.8 Å². The minimum atomic E-state index is -0.389. The van der Waals surface area contributed by atoms with Crippen LogP contribution in [0.3, 0.4) is 0 Å². The van der Waals surface area contributed by atoms with E-state index >= 15 is 0 Å². The van der Waals surface area contributed by atoms with Crippen LogP contribution in [0.1, 0.15) is 19.8 Å². The highest BCUT2D eigenvalue weighted by Crippen LogP contribution is 2.18. The summed E-state index contributed by atoms with van der Waals surface area (Å²) in [5, 5.41) is 11.5. The minimum Gasteiger partial charge on any atom is -0.409 e. The molecule has 0 aromatic heterocycles. The van der Waals surface area contributed by atoms with Crippen LogP contribution < -0.4 is 5.73 Å². The lowest BCUT2D eigenvalue weighted by molar-refractivity contribution is -0.137. The number of hydrogen-bond donors (Lipinski definition) is 2.